The second-order valence-electron chi connectivity index (χ2n) is 4.95. The highest BCUT2D eigenvalue weighted by Crippen LogP contribution is 2.40. The molecule has 0 bridgehead atoms. The van der Waals surface area contributed by atoms with E-state index in [2.05, 4.69) is 20.8 Å². The van der Waals surface area contributed by atoms with Gasteiger partial charge in [0.2, 0.25) is 0 Å². The Labute approximate surface area is 96.7 Å². The first-order valence-corrected chi connectivity index (χ1v) is 5.66. The summed E-state index contributed by atoms with van der Waals surface area (Å²) < 4.78 is 13.1. The average Bonchev–Trinajstić information content (AvgIpc) is 2.16. The molecule has 16 heavy (non-hydrogen) atoms. The Hall–Kier alpha value is -1.18. The van der Waals surface area contributed by atoms with Crippen LogP contribution < -0.4 is 0 Å². The summed E-state index contributed by atoms with van der Waals surface area (Å²) in [5, 5.41) is 0. The molecule has 1 rings (SSSR count). The number of allylic oxidation sites excluding steroid dienone is 6. The fraction of sp³-hybridized carbons (Fsp3) is 0.500. The molecule has 1 aliphatic carbocycles. The van der Waals surface area contributed by atoms with Crippen LogP contribution in [0.15, 0.2) is 35.2 Å². The molecule has 0 aromatic heterocycles. The van der Waals surface area contributed by atoms with Gasteiger partial charge in [-0.25, -0.2) is 4.39 Å². The van der Waals surface area contributed by atoms with Crippen molar-refractivity contribution in [2.24, 2.45) is 5.41 Å². The van der Waals surface area contributed by atoms with Crippen molar-refractivity contribution in [3.05, 3.63) is 35.2 Å². The van der Waals surface area contributed by atoms with E-state index in [1.165, 1.54) is 23.6 Å². The highest BCUT2D eigenvalue weighted by molar-refractivity contribution is 5.66. The maximum atomic E-state index is 13.1. The van der Waals surface area contributed by atoms with Crippen molar-refractivity contribution in [2.45, 2.75) is 40.0 Å². The average molecular weight is 222 g/mol. The van der Waals surface area contributed by atoms with Crippen molar-refractivity contribution in [2.75, 3.05) is 0 Å². The first kappa shape index (κ1) is 12.9. The molecule has 0 unspecified atom stereocenters. The lowest BCUT2D eigenvalue weighted by molar-refractivity contribution is -0.104. The number of hydrogen-bond donors (Lipinski definition) is 0. The molecule has 0 radical (unpaired) electrons. The van der Waals surface area contributed by atoms with E-state index in [-0.39, 0.29) is 5.41 Å². The second-order valence-corrected chi connectivity index (χ2v) is 4.95. The monoisotopic (exact) mass is 222 g/mol. The summed E-state index contributed by atoms with van der Waals surface area (Å²) in [6.45, 7) is 6.45. The minimum atomic E-state index is -0.489. The van der Waals surface area contributed by atoms with Gasteiger partial charge >= 0.3 is 0 Å². The van der Waals surface area contributed by atoms with Crippen molar-refractivity contribution in [1.29, 1.82) is 0 Å². The van der Waals surface area contributed by atoms with Crippen LogP contribution >= 0.6 is 0 Å². The quantitative estimate of drug-likeness (QED) is 0.399. The van der Waals surface area contributed by atoms with Gasteiger partial charge in [-0.15, -0.1) is 0 Å². The van der Waals surface area contributed by atoms with Crippen molar-refractivity contribution in [3.63, 3.8) is 0 Å². The van der Waals surface area contributed by atoms with E-state index in [1.807, 2.05) is 6.08 Å². The summed E-state index contributed by atoms with van der Waals surface area (Å²) >= 11 is 0. The predicted molar refractivity (Wildman–Crippen MR) is 64.7 cm³/mol. The van der Waals surface area contributed by atoms with Gasteiger partial charge in [0.1, 0.15) is 12.1 Å². The van der Waals surface area contributed by atoms with Crippen LogP contribution in [0.25, 0.3) is 0 Å². The lowest BCUT2D eigenvalue weighted by Gasteiger charge is -2.32. The molecule has 0 fully saturated rings. The SMILES string of the molecule is CC1=C(/C=C/C(F)=C/C=O)C(C)(C)CCC1. The summed E-state index contributed by atoms with van der Waals surface area (Å²) in [6, 6.07) is 0. The summed E-state index contributed by atoms with van der Waals surface area (Å²) in [5.41, 5.74) is 2.64. The number of rotatable bonds is 3. The minimum absolute atomic E-state index is 0.111. The predicted octanol–water partition coefficient (Wildman–Crippen LogP) is 4.12. The van der Waals surface area contributed by atoms with Gasteiger partial charge in [0.15, 0.2) is 0 Å². The standard InChI is InChI=1S/C14H19FO/c1-11-5-4-9-14(2,3)13(11)7-6-12(15)8-10-16/h6-8,10H,4-5,9H2,1-3H3/b7-6+,12-8-. The van der Waals surface area contributed by atoms with E-state index in [9.17, 15) is 9.18 Å². The zero-order valence-corrected chi connectivity index (χ0v) is 10.2. The summed E-state index contributed by atoms with van der Waals surface area (Å²) in [6.07, 6.45) is 7.99. The molecule has 1 nitrogen and oxygen atoms in total. The fourth-order valence-electron chi connectivity index (χ4n) is 2.29. The Morgan fingerprint density at radius 2 is 2.12 bits per heavy atom. The van der Waals surface area contributed by atoms with Gasteiger partial charge in [-0.2, -0.15) is 0 Å². The molecule has 2 heteroatoms. The lowest BCUT2D eigenvalue weighted by Crippen LogP contribution is -2.19. The lowest BCUT2D eigenvalue weighted by atomic mass is 9.72. The maximum Gasteiger partial charge on any atom is 0.145 e. The van der Waals surface area contributed by atoms with E-state index in [1.54, 1.807) is 0 Å². The van der Waals surface area contributed by atoms with Crippen LogP contribution in [0.1, 0.15) is 40.0 Å². The molecule has 1 aliphatic rings. The normalized spacial score (nSPS) is 21.6. The smallest absolute Gasteiger partial charge is 0.145 e. The van der Waals surface area contributed by atoms with Gasteiger partial charge in [0.05, 0.1) is 0 Å². The zero-order valence-electron chi connectivity index (χ0n) is 10.2. The molecule has 0 atom stereocenters. The molecule has 0 aromatic carbocycles. The molecule has 0 amide bonds. The maximum absolute atomic E-state index is 13.1. The minimum Gasteiger partial charge on any atom is -0.298 e. The summed E-state index contributed by atoms with van der Waals surface area (Å²) in [7, 11) is 0. The van der Waals surface area contributed by atoms with Crippen LogP contribution in [-0.4, -0.2) is 6.29 Å². The van der Waals surface area contributed by atoms with E-state index < -0.39 is 5.83 Å². The number of aldehydes is 1. The van der Waals surface area contributed by atoms with Gasteiger partial charge in [0.25, 0.3) is 0 Å². The first-order chi connectivity index (χ1) is 7.47. The van der Waals surface area contributed by atoms with Crippen LogP contribution in [0.3, 0.4) is 0 Å². The molecular weight excluding hydrogens is 203 g/mol. The van der Waals surface area contributed by atoms with Gasteiger partial charge in [-0.3, -0.25) is 4.79 Å². The zero-order chi connectivity index (χ0) is 12.2. The van der Waals surface area contributed by atoms with Crippen molar-refractivity contribution in [1.82, 2.24) is 0 Å². The largest absolute Gasteiger partial charge is 0.298 e. The third-order valence-corrected chi connectivity index (χ3v) is 3.18. The third-order valence-electron chi connectivity index (χ3n) is 3.18. The molecule has 0 spiro atoms. The first-order valence-electron chi connectivity index (χ1n) is 5.66. The van der Waals surface area contributed by atoms with E-state index in [0.29, 0.717) is 6.29 Å². The summed E-state index contributed by atoms with van der Waals surface area (Å²) in [4.78, 5) is 10.1. The van der Waals surface area contributed by atoms with Crippen molar-refractivity contribution < 1.29 is 9.18 Å². The van der Waals surface area contributed by atoms with Crippen LogP contribution in [0.4, 0.5) is 4.39 Å². The Morgan fingerprint density at radius 3 is 2.69 bits per heavy atom. The van der Waals surface area contributed by atoms with E-state index in [4.69, 9.17) is 0 Å². The number of carbonyl (C=O) groups excluding carboxylic acids is 1. The van der Waals surface area contributed by atoms with Gasteiger partial charge in [0, 0.05) is 6.08 Å². The Morgan fingerprint density at radius 1 is 1.44 bits per heavy atom. The van der Waals surface area contributed by atoms with E-state index >= 15 is 0 Å². The molecule has 0 heterocycles. The Kier molecular flexibility index (Phi) is 4.22. The Balaban J connectivity index is 2.93. The van der Waals surface area contributed by atoms with E-state index in [0.717, 1.165) is 18.9 Å². The van der Waals surface area contributed by atoms with Crippen LogP contribution in [-0.2, 0) is 4.79 Å². The second kappa shape index (κ2) is 5.24. The van der Waals surface area contributed by atoms with Crippen molar-refractivity contribution in [3.8, 4) is 0 Å². The number of hydrogen-bond acceptors (Lipinski definition) is 1. The van der Waals surface area contributed by atoms with Gasteiger partial charge in [-0.05, 0) is 43.3 Å². The topological polar surface area (TPSA) is 17.1 Å². The highest BCUT2D eigenvalue weighted by atomic mass is 19.1. The number of halogens is 1. The molecule has 0 aliphatic heterocycles. The Bertz CT molecular complexity index is 359. The highest BCUT2D eigenvalue weighted by Gasteiger charge is 2.26. The molecular formula is C14H19FO. The van der Waals surface area contributed by atoms with Crippen molar-refractivity contribution >= 4 is 6.29 Å². The molecule has 88 valence electrons. The molecule has 0 saturated heterocycles. The van der Waals surface area contributed by atoms with Gasteiger partial charge < -0.3 is 0 Å². The number of carbonyl (C=O) groups is 1. The molecule has 0 saturated carbocycles. The fourth-order valence-corrected chi connectivity index (χ4v) is 2.29. The molecule has 0 N–H and O–H groups in total. The molecule has 0 aromatic rings. The van der Waals surface area contributed by atoms with Crippen LogP contribution in [0.5, 0.6) is 0 Å². The van der Waals surface area contributed by atoms with Crippen LogP contribution in [0, 0.1) is 5.41 Å². The van der Waals surface area contributed by atoms with Gasteiger partial charge in [-0.1, -0.05) is 25.5 Å². The summed E-state index contributed by atoms with van der Waals surface area (Å²) in [5.74, 6) is -0.489. The third kappa shape index (κ3) is 3.16. The van der Waals surface area contributed by atoms with Crippen LogP contribution in [0.2, 0.25) is 0 Å².